The SMILES string of the molecule is CCCCNC(=O)NC1CCOC1. The molecule has 0 aliphatic carbocycles. The first-order chi connectivity index (χ1) is 6.33. The van der Waals surface area contributed by atoms with Gasteiger partial charge in [-0.2, -0.15) is 0 Å². The minimum atomic E-state index is -0.0658. The Kier molecular flexibility index (Phi) is 4.60. The topological polar surface area (TPSA) is 50.4 Å². The van der Waals surface area contributed by atoms with E-state index in [1.807, 2.05) is 0 Å². The van der Waals surface area contributed by atoms with Crippen LogP contribution in [0.2, 0.25) is 0 Å². The van der Waals surface area contributed by atoms with E-state index in [9.17, 15) is 4.79 Å². The molecular formula is C9H18N2O2. The molecule has 1 rings (SSSR count). The molecule has 0 aromatic rings. The van der Waals surface area contributed by atoms with Gasteiger partial charge in [-0.25, -0.2) is 4.79 Å². The zero-order valence-corrected chi connectivity index (χ0v) is 8.14. The summed E-state index contributed by atoms with van der Waals surface area (Å²) < 4.78 is 5.14. The predicted molar refractivity (Wildman–Crippen MR) is 50.7 cm³/mol. The molecule has 1 unspecified atom stereocenters. The third-order valence-electron chi connectivity index (χ3n) is 2.08. The monoisotopic (exact) mass is 186 g/mol. The number of rotatable bonds is 4. The summed E-state index contributed by atoms with van der Waals surface area (Å²) in [5, 5.41) is 5.67. The Morgan fingerprint density at radius 2 is 2.46 bits per heavy atom. The van der Waals surface area contributed by atoms with E-state index in [2.05, 4.69) is 17.6 Å². The van der Waals surface area contributed by atoms with Crippen molar-refractivity contribution in [2.75, 3.05) is 19.8 Å². The van der Waals surface area contributed by atoms with Crippen LogP contribution in [0.4, 0.5) is 4.79 Å². The van der Waals surface area contributed by atoms with E-state index in [1.165, 1.54) is 0 Å². The lowest BCUT2D eigenvalue weighted by Crippen LogP contribution is -2.42. The summed E-state index contributed by atoms with van der Waals surface area (Å²) in [5.41, 5.74) is 0. The Hall–Kier alpha value is -0.770. The average molecular weight is 186 g/mol. The summed E-state index contributed by atoms with van der Waals surface area (Å²) in [6.45, 7) is 4.28. The molecule has 0 aromatic heterocycles. The summed E-state index contributed by atoms with van der Waals surface area (Å²) in [5.74, 6) is 0. The van der Waals surface area contributed by atoms with Crippen LogP contribution < -0.4 is 10.6 Å². The van der Waals surface area contributed by atoms with E-state index < -0.39 is 0 Å². The van der Waals surface area contributed by atoms with Gasteiger partial charge in [0.05, 0.1) is 12.6 Å². The molecule has 1 atom stereocenters. The first-order valence-electron chi connectivity index (χ1n) is 4.95. The van der Waals surface area contributed by atoms with Crippen LogP contribution in [0.25, 0.3) is 0 Å². The van der Waals surface area contributed by atoms with Crippen LogP contribution in [0.3, 0.4) is 0 Å². The van der Waals surface area contributed by atoms with Crippen LogP contribution in [0, 0.1) is 0 Å². The third-order valence-corrected chi connectivity index (χ3v) is 2.08. The molecule has 13 heavy (non-hydrogen) atoms. The maximum absolute atomic E-state index is 11.2. The number of carbonyl (C=O) groups is 1. The summed E-state index contributed by atoms with van der Waals surface area (Å²) in [6.07, 6.45) is 3.07. The average Bonchev–Trinajstić information content (AvgIpc) is 2.57. The summed E-state index contributed by atoms with van der Waals surface area (Å²) >= 11 is 0. The van der Waals surface area contributed by atoms with Crippen LogP contribution >= 0.6 is 0 Å². The maximum Gasteiger partial charge on any atom is 0.315 e. The Morgan fingerprint density at radius 1 is 1.62 bits per heavy atom. The van der Waals surface area contributed by atoms with Crippen molar-refractivity contribution in [3.8, 4) is 0 Å². The highest BCUT2D eigenvalue weighted by Gasteiger charge is 2.16. The normalized spacial score (nSPS) is 21.5. The van der Waals surface area contributed by atoms with E-state index in [-0.39, 0.29) is 12.1 Å². The molecule has 0 spiro atoms. The first-order valence-corrected chi connectivity index (χ1v) is 4.95. The molecule has 1 aliphatic heterocycles. The number of urea groups is 1. The minimum absolute atomic E-state index is 0.0658. The van der Waals surface area contributed by atoms with Crippen LogP contribution in [-0.2, 0) is 4.74 Å². The molecule has 1 saturated heterocycles. The van der Waals surface area contributed by atoms with Crippen molar-refractivity contribution < 1.29 is 9.53 Å². The van der Waals surface area contributed by atoms with Gasteiger partial charge in [0.25, 0.3) is 0 Å². The quantitative estimate of drug-likeness (QED) is 0.640. The Balaban J connectivity index is 2.02. The van der Waals surface area contributed by atoms with Gasteiger partial charge in [-0.15, -0.1) is 0 Å². The van der Waals surface area contributed by atoms with Gasteiger partial charge in [0.15, 0.2) is 0 Å². The van der Waals surface area contributed by atoms with Crippen molar-refractivity contribution in [2.45, 2.75) is 32.2 Å². The first kappa shape index (κ1) is 10.3. The molecule has 1 aliphatic rings. The molecule has 2 amide bonds. The molecule has 0 radical (unpaired) electrons. The fraction of sp³-hybridized carbons (Fsp3) is 0.889. The highest BCUT2D eigenvalue weighted by molar-refractivity contribution is 5.74. The molecule has 2 N–H and O–H groups in total. The molecule has 4 nitrogen and oxygen atoms in total. The molecule has 0 aromatic carbocycles. The van der Waals surface area contributed by atoms with Crippen LogP contribution in [0.5, 0.6) is 0 Å². The second-order valence-electron chi connectivity index (χ2n) is 3.31. The highest BCUT2D eigenvalue weighted by atomic mass is 16.5. The van der Waals surface area contributed by atoms with Crippen LogP contribution in [0.15, 0.2) is 0 Å². The molecule has 1 heterocycles. The maximum atomic E-state index is 11.2. The zero-order valence-electron chi connectivity index (χ0n) is 8.14. The van der Waals surface area contributed by atoms with Crippen molar-refractivity contribution in [3.05, 3.63) is 0 Å². The van der Waals surface area contributed by atoms with Crippen LogP contribution in [-0.4, -0.2) is 31.8 Å². The van der Waals surface area contributed by atoms with Crippen LogP contribution in [0.1, 0.15) is 26.2 Å². The fourth-order valence-electron chi connectivity index (χ4n) is 1.26. The van der Waals surface area contributed by atoms with Gasteiger partial charge in [0, 0.05) is 13.2 Å². The van der Waals surface area contributed by atoms with Crippen molar-refractivity contribution >= 4 is 6.03 Å². The smallest absolute Gasteiger partial charge is 0.315 e. The van der Waals surface area contributed by atoms with Gasteiger partial charge in [-0.3, -0.25) is 0 Å². The standard InChI is InChI=1S/C9H18N2O2/c1-2-3-5-10-9(12)11-8-4-6-13-7-8/h8H,2-7H2,1H3,(H2,10,11,12). The lowest BCUT2D eigenvalue weighted by Gasteiger charge is -2.11. The Morgan fingerprint density at radius 3 is 3.08 bits per heavy atom. The molecular weight excluding hydrogens is 168 g/mol. The third kappa shape index (κ3) is 4.12. The largest absolute Gasteiger partial charge is 0.379 e. The predicted octanol–water partition coefficient (Wildman–Crippen LogP) is 0.875. The molecule has 0 saturated carbocycles. The Labute approximate surface area is 79.0 Å². The molecule has 1 fully saturated rings. The highest BCUT2D eigenvalue weighted by Crippen LogP contribution is 2.02. The van der Waals surface area contributed by atoms with Crippen molar-refractivity contribution in [1.29, 1.82) is 0 Å². The number of amides is 2. The zero-order chi connectivity index (χ0) is 9.52. The summed E-state index contributed by atoms with van der Waals surface area (Å²) in [4.78, 5) is 11.2. The van der Waals surface area contributed by atoms with E-state index in [1.54, 1.807) is 0 Å². The molecule has 4 heteroatoms. The van der Waals surface area contributed by atoms with Crippen molar-refractivity contribution in [1.82, 2.24) is 10.6 Å². The number of hydrogen-bond acceptors (Lipinski definition) is 2. The summed E-state index contributed by atoms with van der Waals surface area (Å²) in [7, 11) is 0. The van der Waals surface area contributed by atoms with E-state index in [4.69, 9.17) is 4.74 Å². The van der Waals surface area contributed by atoms with Gasteiger partial charge in [-0.1, -0.05) is 13.3 Å². The number of hydrogen-bond donors (Lipinski definition) is 2. The fourth-order valence-corrected chi connectivity index (χ4v) is 1.26. The second-order valence-corrected chi connectivity index (χ2v) is 3.31. The second kappa shape index (κ2) is 5.80. The van der Waals surface area contributed by atoms with Crippen molar-refractivity contribution in [3.63, 3.8) is 0 Å². The van der Waals surface area contributed by atoms with Gasteiger partial charge >= 0.3 is 6.03 Å². The van der Waals surface area contributed by atoms with E-state index in [0.717, 1.165) is 32.4 Å². The number of carbonyl (C=O) groups excluding carboxylic acids is 1. The van der Waals surface area contributed by atoms with Gasteiger partial charge in [0.1, 0.15) is 0 Å². The molecule has 0 bridgehead atoms. The van der Waals surface area contributed by atoms with Gasteiger partial charge in [-0.05, 0) is 12.8 Å². The number of unbranched alkanes of at least 4 members (excludes halogenated alkanes) is 1. The summed E-state index contributed by atoms with van der Waals surface area (Å²) in [6, 6.07) is 0.144. The lowest BCUT2D eigenvalue weighted by atomic mass is 10.3. The van der Waals surface area contributed by atoms with Gasteiger partial charge < -0.3 is 15.4 Å². The molecule has 76 valence electrons. The van der Waals surface area contributed by atoms with Gasteiger partial charge in [0.2, 0.25) is 0 Å². The minimum Gasteiger partial charge on any atom is -0.379 e. The van der Waals surface area contributed by atoms with E-state index in [0.29, 0.717) is 6.61 Å². The lowest BCUT2D eigenvalue weighted by molar-refractivity contribution is 0.188. The number of ether oxygens (including phenoxy) is 1. The van der Waals surface area contributed by atoms with E-state index >= 15 is 0 Å². The van der Waals surface area contributed by atoms with Crippen molar-refractivity contribution in [2.24, 2.45) is 0 Å². The Bertz CT molecular complexity index is 156. The number of nitrogens with one attached hydrogen (secondary N) is 2.